The Morgan fingerprint density at radius 2 is 2.05 bits per heavy atom. The van der Waals surface area contributed by atoms with Gasteiger partial charge in [-0.05, 0) is 19.8 Å². The first-order valence-electron chi connectivity index (χ1n) is 6.72. The zero-order valence-corrected chi connectivity index (χ0v) is 11.7. The van der Waals surface area contributed by atoms with E-state index in [9.17, 15) is 4.39 Å². The molecule has 0 aliphatic heterocycles. The Morgan fingerprint density at radius 3 is 2.74 bits per heavy atom. The number of halogens is 1. The maximum atomic E-state index is 13.5. The van der Waals surface area contributed by atoms with E-state index in [1.54, 1.807) is 6.07 Å². The lowest BCUT2D eigenvalue weighted by Crippen LogP contribution is -2.08. The Balaban J connectivity index is 2.46. The Kier molecular flexibility index (Phi) is 7.03. The molecule has 0 aliphatic carbocycles. The second-order valence-electron chi connectivity index (χ2n) is 4.20. The zero-order valence-electron chi connectivity index (χ0n) is 11.7. The van der Waals surface area contributed by atoms with Crippen LogP contribution in [0.25, 0.3) is 0 Å². The summed E-state index contributed by atoms with van der Waals surface area (Å²) in [5.41, 5.74) is 6.84. The van der Waals surface area contributed by atoms with Crippen molar-refractivity contribution >= 4 is 11.4 Å². The topological polar surface area (TPSA) is 56.5 Å². The van der Waals surface area contributed by atoms with E-state index < -0.39 is 5.82 Å². The molecule has 0 spiro atoms. The van der Waals surface area contributed by atoms with Crippen LogP contribution >= 0.6 is 0 Å². The Bertz CT molecular complexity index is 386. The minimum absolute atomic E-state index is 0.224. The number of hydrogen-bond acceptors (Lipinski definition) is 4. The average molecular weight is 270 g/mol. The van der Waals surface area contributed by atoms with Gasteiger partial charge in [-0.15, -0.1) is 0 Å². The monoisotopic (exact) mass is 270 g/mol. The van der Waals surface area contributed by atoms with E-state index in [-0.39, 0.29) is 5.75 Å². The number of rotatable bonds is 9. The Hall–Kier alpha value is -1.49. The van der Waals surface area contributed by atoms with Crippen LogP contribution in [0.15, 0.2) is 12.1 Å². The minimum Gasteiger partial charge on any atom is -0.491 e. The van der Waals surface area contributed by atoms with Gasteiger partial charge in [0.05, 0.1) is 18.0 Å². The summed E-state index contributed by atoms with van der Waals surface area (Å²) in [4.78, 5) is 0. The van der Waals surface area contributed by atoms with Crippen LogP contribution in [-0.2, 0) is 4.74 Å². The summed E-state index contributed by atoms with van der Waals surface area (Å²) < 4.78 is 24.1. The number of ether oxygens (including phenoxy) is 2. The van der Waals surface area contributed by atoms with Gasteiger partial charge in [0.15, 0.2) is 11.6 Å². The van der Waals surface area contributed by atoms with Crippen molar-refractivity contribution in [2.45, 2.75) is 26.7 Å². The highest BCUT2D eigenvalue weighted by atomic mass is 19.1. The number of nitrogens with two attached hydrogens (primary N) is 1. The molecule has 108 valence electrons. The van der Waals surface area contributed by atoms with Crippen LogP contribution in [0.4, 0.5) is 15.8 Å². The van der Waals surface area contributed by atoms with Gasteiger partial charge in [-0.2, -0.15) is 0 Å². The molecule has 0 amide bonds. The van der Waals surface area contributed by atoms with Crippen LogP contribution in [0.3, 0.4) is 0 Å². The van der Waals surface area contributed by atoms with Crippen molar-refractivity contribution in [1.29, 1.82) is 0 Å². The van der Waals surface area contributed by atoms with E-state index >= 15 is 0 Å². The molecule has 1 aromatic rings. The van der Waals surface area contributed by atoms with Crippen molar-refractivity contribution in [3.05, 3.63) is 17.9 Å². The molecule has 4 nitrogen and oxygen atoms in total. The first-order valence-corrected chi connectivity index (χ1v) is 6.72. The molecular weight excluding hydrogens is 247 g/mol. The van der Waals surface area contributed by atoms with E-state index in [2.05, 4.69) is 12.2 Å². The highest BCUT2D eigenvalue weighted by Crippen LogP contribution is 2.28. The van der Waals surface area contributed by atoms with Crippen molar-refractivity contribution in [2.24, 2.45) is 0 Å². The van der Waals surface area contributed by atoms with Crippen LogP contribution in [0.5, 0.6) is 5.75 Å². The van der Waals surface area contributed by atoms with Crippen LogP contribution in [0.2, 0.25) is 0 Å². The molecule has 0 aromatic heterocycles. The van der Waals surface area contributed by atoms with Gasteiger partial charge < -0.3 is 20.5 Å². The molecule has 3 N–H and O–H groups in total. The molecule has 0 saturated heterocycles. The smallest absolute Gasteiger partial charge is 0.167 e. The van der Waals surface area contributed by atoms with Crippen molar-refractivity contribution < 1.29 is 13.9 Å². The predicted octanol–water partition coefficient (Wildman–Crippen LogP) is 3.04. The Morgan fingerprint density at radius 1 is 1.26 bits per heavy atom. The third-order valence-electron chi connectivity index (χ3n) is 2.53. The summed E-state index contributed by atoms with van der Waals surface area (Å²) in [6.45, 7) is 6.53. The lowest BCUT2D eigenvalue weighted by molar-refractivity contribution is 0.134. The number of hydrogen-bond donors (Lipinski definition) is 2. The van der Waals surface area contributed by atoms with Gasteiger partial charge in [0.25, 0.3) is 0 Å². The quantitative estimate of drug-likeness (QED) is 0.535. The lowest BCUT2D eigenvalue weighted by atomic mass is 10.2. The van der Waals surface area contributed by atoms with Crippen molar-refractivity contribution in [1.82, 2.24) is 0 Å². The molecule has 5 heteroatoms. The van der Waals surface area contributed by atoms with Crippen LogP contribution in [0, 0.1) is 5.82 Å². The standard InChI is InChI=1S/C14H23FN2O2/c1-3-7-18-8-5-6-17-13-10-14(19-4-2)11(15)9-12(13)16/h9-10,17H,3-8,16H2,1-2H3. The van der Waals surface area contributed by atoms with Gasteiger partial charge in [0, 0.05) is 31.9 Å². The molecule has 1 aromatic carbocycles. The van der Waals surface area contributed by atoms with E-state index in [0.29, 0.717) is 24.6 Å². The maximum absolute atomic E-state index is 13.5. The second-order valence-corrected chi connectivity index (χ2v) is 4.20. The zero-order chi connectivity index (χ0) is 14.1. The highest BCUT2D eigenvalue weighted by Gasteiger charge is 2.08. The number of anilines is 2. The molecule has 0 saturated carbocycles. The van der Waals surface area contributed by atoms with Gasteiger partial charge in [-0.3, -0.25) is 0 Å². The molecule has 0 heterocycles. The fourth-order valence-corrected chi connectivity index (χ4v) is 1.63. The Labute approximate surface area is 114 Å². The van der Waals surface area contributed by atoms with Crippen molar-refractivity contribution in [3.63, 3.8) is 0 Å². The molecule has 19 heavy (non-hydrogen) atoms. The fourth-order valence-electron chi connectivity index (χ4n) is 1.63. The first-order chi connectivity index (χ1) is 9.19. The van der Waals surface area contributed by atoms with Crippen LogP contribution in [0.1, 0.15) is 26.7 Å². The van der Waals surface area contributed by atoms with E-state index in [1.807, 2.05) is 6.92 Å². The van der Waals surface area contributed by atoms with Crippen LogP contribution in [-0.4, -0.2) is 26.4 Å². The molecule has 0 atom stereocenters. The van der Waals surface area contributed by atoms with E-state index in [4.69, 9.17) is 15.2 Å². The molecule has 0 unspecified atom stereocenters. The lowest BCUT2D eigenvalue weighted by Gasteiger charge is -2.12. The third kappa shape index (κ3) is 5.34. The molecule has 0 bridgehead atoms. The van der Waals surface area contributed by atoms with Gasteiger partial charge in [-0.1, -0.05) is 6.92 Å². The summed E-state index contributed by atoms with van der Waals surface area (Å²) in [5, 5.41) is 3.16. The van der Waals surface area contributed by atoms with Gasteiger partial charge >= 0.3 is 0 Å². The summed E-state index contributed by atoms with van der Waals surface area (Å²) in [6.07, 6.45) is 1.90. The number of nitrogens with one attached hydrogen (secondary N) is 1. The van der Waals surface area contributed by atoms with Gasteiger partial charge in [0.2, 0.25) is 0 Å². The van der Waals surface area contributed by atoms with Gasteiger partial charge in [0.1, 0.15) is 0 Å². The van der Waals surface area contributed by atoms with Crippen molar-refractivity contribution in [2.75, 3.05) is 37.4 Å². The van der Waals surface area contributed by atoms with E-state index in [0.717, 1.165) is 26.0 Å². The molecule has 1 rings (SSSR count). The normalized spacial score (nSPS) is 10.5. The SMILES string of the molecule is CCCOCCCNc1cc(OCC)c(F)cc1N. The fraction of sp³-hybridized carbons (Fsp3) is 0.571. The predicted molar refractivity (Wildman–Crippen MR) is 76.2 cm³/mol. The average Bonchev–Trinajstić information content (AvgIpc) is 2.38. The molecule has 0 fully saturated rings. The minimum atomic E-state index is -0.434. The number of nitrogen functional groups attached to an aromatic ring is 1. The summed E-state index contributed by atoms with van der Waals surface area (Å²) >= 11 is 0. The molecule has 0 radical (unpaired) electrons. The maximum Gasteiger partial charge on any atom is 0.167 e. The summed E-state index contributed by atoms with van der Waals surface area (Å²) in [7, 11) is 0. The van der Waals surface area contributed by atoms with Crippen molar-refractivity contribution in [3.8, 4) is 5.75 Å². The largest absolute Gasteiger partial charge is 0.491 e. The first kappa shape index (κ1) is 15.6. The van der Waals surface area contributed by atoms with E-state index in [1.165, 1.54) is 6.07 Å². The summed E-state index contributed by atoms with van der Waals surface area (Å²) in [5.74, 6) is -0.211. The van der Waals surface area contributed by atoms with Crippen LogP contribution < -0.4 is 15.8 Å². The van der Waals surface area contributed by atoms with Gasteiger partial charge in [-0.25, -0.2) is 4.39 Å². The molecule has 0 aliphatic rings. The summed E-state index contributed by atoms with van der Waals surface area (Å²) in [6, 6.07) is 2.88. The molecular formula is C14H23FN2O2. The highest BCUT2D eigenvalue weighted by molar-refractivity contribution is 5.68. The number of benzene rings is 1. The second kappa shape index (κ2) is 8.58. The third-order valence-corrected chi connectivity index (χ3v) is 2.53.